The Bertz CT molecular complexity index is 516. The number of rotatable bonds is 3. The Hall–Kier alpha value is -1.84. The zero-order valence-corrected chi connectivity index (χ0v) is 11.3. The van der Waals surface area contributed by atoms with Crippen LogP contribution >= 0.6 is 0 Å². The number of carbonyl (C=O) groups excluding carboxylic acids is 1. The summed E-state index contributed by atoms with van der Waals surface area (Å²) < 4.78 is 0. The van der Waals surface area contributed by atoms with Gasteiger partial charge in [-0.25, -0.2) is 4.79 Å². The summed E-state index contributed by atoms with van der Waals surface area (Å²) in [6, 6.07) is 5.14. The molecule has 1 saturated carbocycles. The van der Waals surface area contributed by atoms with Crippen LogP contribution in [0.1, 0.15) is 48.5 Å². The molecule has 0 aromatic heterocycles. The van der Waals surface area contributed by atoms with Crippen LogP contribution < -0.4 is 5.32 Å². The summed E-state index contributed by atoms with van der Waals surface area (Å²) in [5.41, 5.74) is 0.865. The van der Waals surface area contributed by atoms with Gasteiger partial charge in [0.05, 0.1) is 11.3 Å². The molecule has 0 unspecified atom stereocenters. The van der Waals surface area contributed by atoms with E-state index in [2.05, 4.69) is 5.32 Å². The molecule has 0 heterocycles. The van der Waals surface area contributed by atoms with E-state index in [-0.39, 0.29) is 16.9 Å². The molecule has 1 aliphatic rings. The maximum atomic E-state index is 12.3. The molecule has 4 nitrogen and oxygen atoms in total. The lowest BCUT2D eigenvalue weighted by atomic mass is 9.87. The molecule has 2 N–H and O–H groups in total. The molecule has 0 atom stereocenters. The van der Waals surface area contributed by atoms with Gasteiger partial charge in [0.15, 0.2) is 0 Å². The Kier molecular flexibility index (Phi) is 3.60. The third kappa shape index (κ3) is 2.62. The van der Waals surface area contributed by atoms with Gasteiger partial charge in [-0.15, -0.1) is 0 Å². The molecule has 0 saturated heterocycles. The third-order valence-corrected chi connectivity index (χ3v) is 3.99. The second kappa shape index (κ2) is 5.03. The van der Waals surface area contributed by atoms with E-state index in [1.807, 2.05) is 6.92 Å². The highest BCUT2D eigenvalue weighted by Crippen LogP contribution is 2.38. The van der Waals surface area contributed by atoms with Crippen LogP contribution in [0, 0.1) is 12.3 Å². The molecule has 102 valence electrons. The van der Waals surface area contributed by atoms with E-state index in [0.717, 1.165) is 25.7 Å². The molecule has 1 aromatic carbocycles. The minimum atomic E-state index is -1.01. The van der Waals surface area contributed by atoms with Crippen LogP contribution in [0.5, 0.6) is 0 Å². The van der Waals surface area contributed by atoms with Gasteiger partial charge in [-0.1, -0.05) is 31.9 Å². The Labute approximate surface area is 112 Å². The molecule has 0 aliphatic heterocycles. The van der Waals surface area contributed by atoms with Gasteiger partial charge in [-0.3, -0.25) is 4.79 Å². The molecular weight excluding hydrogens is 242 g/mol. The highest BCUT2D eigenvalue weighted by molar-refractivity contribution is 6.03. The van der Waals surface area contributed by atoms with Crippen LogP contribution in [0.25, 0.3) is 0 Å². The quantitative estimate of drug-likeness (QED) is 0.878. The number of hydrogen-bond acceptors (Lipinski definition) is 2. The fraction of sp³-hybridized carbons (Fsp3) is 0.467. The normalized spacial score (nSPS) is 17.2. The number of amides is 1. The fourth-order valence-electron chi connectivity index (χ4n) is 2.71. The molecule has 0 radical (unpaired) electrons. The van der Waals surface area contributed by atoms with Gasteiger partial charge in [-0.2, -0.15) is 0 Å². The number of aryl methyl sites for hydroxylation is 1. The van der Waals surface area contributed by atoms with E-state index in [1.165, 1.54) is 0 Å². The number of carbonyl (C=O) groups is 2. The van der Waals surface area contributed by atoms with Crippen molar-refractivity contribution in [2.45, 2.75) is 39.5 Å². The van der Waals surface area contributed by atoms with Gasteiger partial charge >= 0.3 is 5.97 Å². The monoisotopic (exact) mass is 261 g/mol. The highest BCUT2D eigenvalue weighted by Gasteiger charge is 2.36. The van der Waals surface area contributed by atoms with Gasteiger partial charge in [0.2, 0.25) is 5.91 Å². The van der Waals surface area contributed by atoms with Crippen molar-refractivity contribution in [1.82, 2.24) is 0 Å². The molecule has 0 bridgehead atoms. The van der Waals surface area contributed by atoms with Crippen molar-refractivity contribution in [2.24, 2.45) is 5.41 Å². The maximum Gasteiger partial charge on any atom is 0.338 e. The summed E-state index contributed by atoms with van der Waals surface area (Å²) in [4.78, 5) is 23.6. The smallest absolute Gasteiger partial charge is 0.338 e. The average molecular weight is 261 g/mol. The lowest BCUT2D eigenvalue weighted by Gasteiger charge is -2.23. The molecule has 4 heteroatoms. The molecule has 0 spiro atoms. The number of anilines is 1. The molecule has 19 heavy (non-hydrogen) atoms. The number of hydrogen-bond donors (Lipinski definition) is 2. The zero-order valence-electron chi connectivity index (χ0n) is 11.3. The Morgan fingerprint density at radius 3 is 2.47 bits per heavy atom. The first-order valence-electron chi connectivity index (χ1n) is 6.58. The standard InChI is InChI=1S/C15H19NO3/c1-10-6-5-7-11(12(10)13(17)18)16-14(19)15(2)8-3-4-9-15/h5-7H,3-4,8-9H2,1-2H3,(H,16,19)(H,17,18). The lowest BCUT2D eigenvalue weighted by molar-refractivity contribution is -0.124. The summed E-state index contributed by atoms with van der Waals surface area (Å²) in [5.74, 6) is -1.08. The first-order chi connectivity index (χ1) is 8.94. The predicted octanol–water partition coefficient (Wildman–Crippen LogP) is 3.21. The minimum absolute atomic E-state index is 0.0712. The largest absolute Gasteiger partial charge is 0.478 e. The molecule has 1 amide bonds. The van der Waals surface area contributed by atoms with Crippen LogP contribution in [0.4, 0.5) is 5.69 Å². The van der Waals surface area contributed by atoms with Gasteiger partial charge in [0, 0.05) is 5.41 Å². The van der Waals surface area contributed by atoms with E-state index in [0.29, 0.717) is 11.3 Å². The number of carboxylic acids is 1. The van der Waals surface area contributed by atoms with E-state index < -0.39 is 5.97 Å². The number of benzene rings is 1. The number of nitrogens with one attached hydrogen (secondary N) is 1. The van der Waals surface area contributed by atoms with Crippen molar-refractivity contribution in [3.63, 3.8) is 0 Å². The van der Waals surface area contributed by atoms with E-state index in [4.69, 9.17) is 0 Å². The second-order valence-corrected chi connectivity index (χ2v) is 5.52. The second-order valence-electron chi connectivity index (χ2n) is 5.52. The van der Waals surface area contributed by atoms with Gasteiger partial charge in [0.1, 0.15) is 0 Å². The Morgan fingerprint density at radius 2 is 1.89 bits per heavy atom. The molecular formula is C15H19NO3. The first-order valence-corrected chi connectivity index (χ1v) is 6.58. The molecule has 1 fully saturated rings. The maximum absolute atomic E-state index is 12.3. The van der Waals surface area contributed by atoms with Crippen molar-refractivity contribution in [2.75, 3.05) is 5.32 Å². The summed E-state index contributed by atoms with van der Waals surface area (Å²) in [6.07, 6.45) is 3.85. The highest BCUT2D eigenvalue weighted by atomic mass is 16.4. The Morgan fingerprint density at radius 1 is 1.26 bits per heavy atom. The minimum Gasteiger partial charge on any atom is -0.478 e. The zero-order chi connectivity index (χ0) is 14.0. The van der Waals surface area contributed by atoms with E-state index in [1.54, 1.807) is 25.1 Å². The first kappa shape index (κ1) is 13.6. The van der Waals surface area contributed by atoms with Gasteiger partial charge < -0.3 is 10.4 Å². The molecule has 2 rings (SSSR count). The van der Waals surface area contributed by atoms with E-state index >= 15 is 0 Å². The molecule has 1 aliphatic carbocycles. The molecule has 1 aromatic rings. The van der Waals surface area contributed by atoms with Gasteiger partial charge in [0.25, 0.3) is 0 Å². The van der Waals surface area contributed by atoms with Crippen molar-refractivity contribution < 1.29 is 14.7 Å². The number of aromatic carboxylic acids is 1. The topological polar surface area (TPSA) is 66.4 Å². The SMILES string of the molecule is Cc1cccc(NC(=O)C2(C)CCCC2)c1C(=O)O. The fourth-order valence-corrected chi connectivity index (χ4v) is 2.71. The summed E-state index contributed by atoms with van der Waals surface area (Å²) in [6.45, 7) is 3.68. The van der Waals surface area contributed by atoms with Crippen LogP contribution in [-0.2, 0) is 4.79 Å². The van der Waals surface area contributed by atoms with Crippen molar-refractivity contribution in [3.05, 3.63) is 29.3 Å². The summed E-state index contributed by atoms with van der Waals surface area (Å²) in [5, 5.41) is 12.0. The van der Waals surface area contributed by atoms with Crippen LogP contribution in [-0.4, -0.2) is 17.0 Å². The third-order valence-electron chi connectivity index (χ3n) is 3.99. The van der Waals surface area contributed by atoms with E-state index in [9.17, 15) is 14.7 Å². The predicted molar refractivity (Wildman–Crippen MR) is 73.3 cm³/mol. The van der Waals surface area contributed by atoms with Crippen molar-refractivity contribution in [1.29, 1.82) is 0 Å². The Balaban J connectivity index is 2.26. The van der Waals surface area contributed by atoms with Crippen molar-refractivity contribution in [3.8, 4) is 0 Å². The van der Waals surface area contributed by atoms with Crippen molar-refractivity contribution >= 4 is 17.6 Å². The number of carboxylic acid groups (broad SMARTS) is 1. The summed E-state index contributed by atoms with van der Waals surface area (Å²) in [7, 11) is 0. The van der Waals surface area contributed by atoms with Gasteiger partial charge in [-0.05, 0) is 31.4 Å². The lowest BCUT2D eigenvalue weighted by Crippen LogP contribution is -2.31. The van der Waals surface area contributed by atoms with Crippen LogP contribution in [0.15, 0.2) is 18.2 Å². The summed E-state index contributed by atoms with van der Waals surface area (Å²) >= 11 is 0. The van der Waals surface area contributed by atoms with Crippen LogP contribution in [0.3, 0.4) is 0 Å². The average Bonchev–Trinajstić information content (AvgIpc) is 2.77. The van der Waals surface area contributed by atoms with Crippen LogP contribution in [0.2, 0.25) is 0 Å².